The van der Waals surface area contributed by atoms with Gasteiger partial charge in [0.25, 0.3) is 11.8 Å². The lowest BCUT2D eigenvalue weighted by Gasteiger charge is -2.09. The van der Waals surface area contributed by atoms with Crippen molar-refractivity contribution in [2.75, 3.05) is 18.4 Å². The summed E-state index contributed by atoms with van der Waals surface area (Å²) in [7, 11) is 0. The predicted molar refractivity (Wildman–Crippen MR) is 91.8 cm³/mol. The van der Waals surface area contributed by atoms with Crippen LogP contribution in [0.5, 0.6) is 0 Å². The Morgan fingerprint density at radius 1 is 0.920 bits per heavy atom. The van der Waals surface area contributed by atoms with Gasteiger partial charge in [-0.15, -0.1) is 0 Å². The Kier molecular flexibility index (Phi) is 6.22. The number of nitrogens with one attached hydrogen (secondary N) is 3. The third kappa shape index (κ3) is 5.42. The van der Waals surface area contributed by atoms with Crippen molar-refractivity contribution in [2.45, 2.75) is 6.92 Å². The molecule has 7 heteroatoms. The molecule has 0 aromatic heterocycles. The molecular weight excluding hydrogens is 325 g/mol. The molecule has 130 valence electrons. The van der Waals surface area contributed by atoms with Crippen LogP contribution in [-0.4, -0.2) is 30.8 Å². The summed E-state index contributed by atoms with van der Waals surface area (Å²) in [6.45, 7) is 1.72. The average molecular weight is 343 g/mol. The molecule has 0 aliphatic heterocycles. The van der Waals surface area contributed by atoms with Crippen LogP contribution < -0.4 is 16.0 Å². The van der Waals surface area contributed by atoms with Gasteiger partial charge in [0.15, 0.2) is 0 Å². The summed E-state index contributed by atoms with van der Waals surface area (Å²) in [6.07, 6.45) is 0. The van der Waals surface area contributed by atoms with Crippen LogP contribution in [0.4, 0.5) is 10.1 Å². The highest BCUT2D eigenvalue weighted by Gasteiger charge is 2.10. The SMILES string of the molecule is CC(=O)Nc1cccc(C(=O)NCCNC(=O)c2ccccc2F)c1. The normalized spacial score (nSPS) is 10.0. The number of carbonyl (C=O) groups is 3. The number of hydrogen-bond acceptors (Lipinski definition) is 3. The van der Waals surface area contributed by atoms with E-state index in [4.69, 9.17) is 0 Å². The molecule has 3 amide bonds. The lowest BCUT2D eigenvalue weighted by Crippen LogP contribution is -2.35. The van der Waals surface area contributed by atoms with E-state index in [1.165, 1.54) is 25.1 Å². The van der Waals surface area contributed by atoms with E-state index in [9.17, 15) is 18.8 Å². The Bertz CT molecular complexity index is 793. The van der Waals surface area contributed by atoms with Crippen molar-refractivity contribution in [1.29, 1.82) is 0 Å². The van der Waals surface area contributed by atoms with Gasteiger partial charge in [0.1, 0.15) is 5.82 Å². The summed E-state index contributed by atoms with van der Waals surface area (Å²) in [5.41, 5.74) is 0.858. The van der Waals surface area contributed by atoms with Crippen LogP contribution in [0, 0.1) is 5.82 Å². The summed E-state index contributed by atoms with van der Waals surface area (Å²) < 4.78 is 13.5. The molecule has 25 heavy (non-hydrogen) atoms. The smallest absolute Gasteiger partial charge is 0.254 e. The Morgan fingerprint density at radius 2 is 1.60 bits per heavy atom. The standard InChI is InChI=1S/C18H18FN3O3/c1-12(23)22-14-6-4-5-13(11-14)17(24)20-9-10-21-18(25)15-7-2-3-8-16(15)19/h2-8,11H,9-10H2,1H3,(H,20,24)(H,21,25)(H,22,23). The molecule has 0 bridgehead atoms. The maximum absolute atomic E-state index is 13.5. The quantitative estimate of drug-likeness (QED) is 0.701. The second-order valence-electron chi connectivity index (χ2n) is 5.25. The summed E-state index contributed by atoms with van der Waals surface area (Å²) in [5, 5.41) is 7.77. The molecule has 2 aromatic rings. The predicted octanol–water partition coefficient (Wildman–Crippen LogP) is 1.94. The van der Waals surface area contributed by atoms with E-state index in [0.717, 1.165) is 0 Å². The second-order valence-corrected chi connectivity index (χ2v) is 5.25. The van der Waals surface area contributed by atoms with Crippen molar-refractivity contribution < 1.29 is 18.8 Å². The molecule has 6 nitrogen and oxygen atoms in total. The highest BCUT2D eigenvalue weighted by molar-refractivity contribution is 5.97. The van der Waals surface area contributed by atoms with Gasteiger partial charge >= 0.3 is 0 Å². The van der Waals surface area contributed by atoms with Crippen LogP contribution in [0.3, 0.4) is 0 Å². The van der Waals surface area contributed by atoms with E-state index in [2.05, 4.69) is 16.0 Å². The molecule has 0 heterocycles. The molecule has 0 radical (unpaired) electrons. The number of hydrogen-bond donors (Lipinski definition) is 3. The number of amides is 3. The van der Waals surface area contributed by atoms with Gasteiger partial charge in [0, 0.05) is 31.3 Å². The van der Waals surface area contributed by atoms with Gasteiger partial charge in [-0.2, -0.15) is 0 Å². The van der Waals surface area contributed by atoms with E-state index < -0.39 is 11.7 Å². The first-order valence-corrected chi connectivity index (χ1v) is 7.66. The average Bonchev–Trinajstić information content (AvgIpc) is 2.58. The van der Waals surface area contributed by atoms with Crippen molar-refractivity contribution >= 4 is 23.4 Å². The molecule has 0 saturated carbocycles. The van der Waals surface area contributed by atoms with Crippen molar-refractivity contribution in [2.24, 2.45) is 0 Å². The molecular formula is C18H18FN3O3. The van der Waals surface area contributed by atoms with E-state index >= 15 is 0 Å². The third-order valence-electron chi connectivity index (χ3n) is 3.26. The van der Waals surface area contributed by atoms with E-state index in [-0.39, 0.29) is 30.5 Å². The highest BCUT2D eigenvalue weighted by Crippen LogP contribution is 2.10. The largest absolute Gasteiger partial charge is 0.350 e. The lowest BCUT2D eigenvalue weighted by molar-refractivity contribution is -0.114. The minimum Gasteiger partial charge on any atom is -0.350 e. The van der Waals surface area contributed by atoms with Gasteiger partial charge in [0.2, 0.25) is 5.91 Å². The molecule has 0 unspecified atom stereocenters. The molecule has 0 saturated heterocycles. The number of carbonyl (C=O) groups excluding carboxylic acids is 3. The molecule has 3 N–H and O–H groups in total. The minimum atomic E-state index is -0.598. The molecule has 0 fully saturated rings. The summed E-state index contributed by atoms with van der Waals surface area (Å²) in [6, 6.07) is 12.2. The minimum absolute atomic E-state index is 0.0446. The molecule has 2 rings (SSSR count). The number of anilines is 1. The zero-order valence-electron chi connectivity index (χ0n) is 13.6. The fourth-order valence-electron chi connectivity index (χ4n) is 2.14. The topological polar surface area (TPSA) is 87.3 Å². The van der Waals surface area contributed by atoms with Crippen LogP contribution in [0.15, 0.2) is 48.5 Å². The van der Waals surface area contributed by atoms with E-state index in [1.807, 2.05) is 0 Å². The monoisotopic (exact) mass is 343 g/mol. The number of rotatable bonds is 6. The maximum Gasteiger partial charge on any atom is 0.254 e. The van der Waals surface area contributed by atoms with Crippen molar-refractivity contribution in [1.82, 2.24) is 10.6 Å². The van der Waals surface area contributed by atoms with Gasteiger partial charge in [-0.3, -0.25) is 14.4 Å². The van der Waals surface area contributed by atoms with E-state index in [1.54, 1.807) is 30.3 Å². The van der Waals surface area contributed by atoms with Crippen molar-refractivity contribution in [3.8, 4) is 0 Å². The fourth-order valence-corrected chi connectivity index (χ4v) is 2.14. The van der Waals surface area contributed by atoms with Gasteiger partial charge < -0.3 is 16.0 Å². The summed E-state index contributed by atoms with van der Waals surface area (Å²) >= 11 is 0. The van der Waals surface area contributed by atoms with E-state index in [0.29, 0.717) is 11.3 Å². The third-order valence-corrected chi connectivity index (χ3v) is 3.26. The fraction of sp³-hybridized carbons (Fsp3) is 0.167. The van der Waals surface area contributed by atoms with Crippen molar-refractivity contribution in [3.05, 3.63) is 65.5 Å². The van der Waals surface area contributed by atoms with Crippen LogP contribution in [0.2, 0.25) is 0 Å². The van der Waals surface area contributed by atoms with Gasteiger partial charge in [-0.05, 0) is 30.3 Å². The summed E-state index contributed by atoms with van der Waals surface area (Å²) in [4.78, 5) is 34.9. The maximum atomic E-state index is 13.5. The molecule has 0 spiro atoms. The zero-order chi connectivity index (χ0) is 18.2. The molecule has 2 aromatic carbocycles. The Hall–Kier alpha value is -3.22. The first-order chi connectivity index (χ1) is 12.0. The molecule has 0 atom stereocenters. The van der Waals surface area contributed by atoms with Crippen LogP contribution >= 0.6 is 0 Å². The lowest BCUT2D eigenvalue weighted by atomic mass is 10.2. The van der Waals surface area contributed by atoms with Crippen LogP contribution in [-0.2, 0) is 4.79 Å². The first kappa shape index (κ1) is 18.1. The van der Waals surface area contributed by atoms with Crippen LogP contribution in [0.25, 0.3) is 0 Å². The Morgan fingerprint density at radius 3 is 2.28 bits per heavy atom. The van der Waals surface area contributed by atoms with Gasteiger partial charge in [-0.25, -0.2) is 4.39 Å². The second kappa shape index (κ2) is 8.58. The Balaban J connectivity index is 1.82. The van der Waals surface area contributed by atoms with Crippen LogP contribution in [0.1, 0.15) is 27.6 Å². The van der Waals surface area contributed by atoms with Gasteiger partial charge in [-0.1, -0.05) is 18.2 Å². The zero-order valence-corrected chi connectivity index (χ0v) is 13.6. The Labute approximate surface area is 144 Å². The van der Waals surface area contributed by atoms with Gasteiger partial charge in [0.05, 0.1) is 5.56 Å². The summed E-state index contributed by atoms with van der Waals surface area (Å²) in [5.74, 6) is -1.71. The number of halogens is 1. The molecule has 0 aliphatic carbocycles. The number of benzene rings is 2. The highest BCUT2D eigenvalue weighted by atomic mass is 19.1. The molecule has 0 aliphatic rings. The first-order valence-electron chi connectivity index (χ1n) is 7.66. The van der Waals surface area contributed by atoms with Crippen molar-refractivity contribution in [3.63, 3.8) is 0 Å².